The third-order valence-electron chi connectivity index (χ3n) is 3.30. The smallest absolute Gasteiger partial charge is 0.250 e. The van der Waals surface area contributed by atoms with Crippen molar-refractivity contribution in [1.82, 2.24) is 14.3 Å². The van der Waals surface area contributed by atoms with E-state index in [2.05, 4.69) is 30.2 Å². The van der Waals surface area contributed by atoms with Crippen molar-refractivity contribution in [3.05, 3.63) is 64.2 Å². The molecule has 0 unspecified atom stereocenters. The third kappa shape index (κ3) is 2.17. The second-order valence-corrected chi connectivity index (χ2v) is 4.85. The van der Waals surface area contributed by atoms with Crippen LogP contribution in [0.25, 0.3) is 10.9 Å². The number of pyridine rings is 1. The van der Waals surface area contributed by atoms with Crippen LogP contribution in [0.5, 0.6) is 0 Å². The molecule has 0 amide bonds. The molecule has 19 heavy (non-hydrogen) atoms. The summed E-state index contributed by atoms with van der Waals surface area (Å²) in [6.07, 6.45) is 3.65. The monoisotopic (exact) mass is 253 g/mol. The van der Waals surface area contributed by atoms with Crippen molar-refractivity contribution in [1.29, 1.82) is 0 Å². The summed E-state index contributed by atoms with van der Waals surface area (Å²) < 4.78 is 3.48. The molecule has 0 aliphatic rings. The molecule has 3 rings (SSSR count). The lowest BCUT2D eigenvalue weighted by atomic mass is 10.2. The van der Waals surface area contributed by atoms with Crippen LogP contribution in [0.2, 0.25) is 0 Å². The number of aromatic nitrogens is 3. The Kier molecular flexibility index (Phi) is 2.71. The Bertz CT molecular complexity index is 799. The molecule has 2 heterocycles. The Balaban J connectivity index is 2.01. The van der Waals surface area contributed by atoms with Crippen molar-refractivity contribution >= 4 is 10.9 Å². The zero-order valence-electron chi connectivity index (χ0n) is 11.0. The van der Waals surface area contributed by atoms with Gasteiger partial charge in [0.25, 0.3) is 5.56 Å². The highest BCUT2D eigenvalue weighted by atomic mass is 16.1. The lowest BCUT2D eigenvalue weighted by Crippen LogP contribution is -2.16. The van der Waals surface area contributed by atoms with Crippen LogP contribution in [0, 0.1) is 6.92 Å². The van der Waals surface area contributed by atoms with Gasteiger partial charge < -0.3 is 4.57 Å². The molecule has 0 saturated carbocycles. The average Bonchev–Trinajstić information content (AvgIpc) is 2.76. The Hall–Kier alpha value is -2.36. The highest BCUT2D eigenvalue weighted by Gasteiger charge is 2.04. The second-order valence-electron chi connectivity index (χ2n) is 4.85. The van der Waals surface area contributed by atoms with Crippen molar-refractivity contribution in [3.8, 4) is 0 Å². The Labute approximate surface area is 110 Å². The van der Waals surface area contributed by atoms with Gasteiger partial charge in [-0.2, -0.15) is 5.10 Å². The van der Waals surface area contributed by atoms with Crippen LogP contribution in [-0.4, -0.2) is 14.3 Å². The maximum atomic E-state index is 11.6. The van der Waals surface area contributed by atoms with E-state index in [1.54, 1.807) is 23.9 Å². The van der Waals surface area contributed by atoms with Gasteiger partial charge in [0.2, 0.25) is 0 Å². The predicted octanol–water partition coefficient (Wildman–Crippen LogP) is 2.09. The van der Waals surface area contributed by atoms with E-state index in [0.29, 0.717) is 6.54 Å². The summed E-state index contributed by atoms with van der Waals surface area (Å²) in [6, 6.07) is 9.86. The SMILES string of the molecule is Cc1ccc2c(cnn2Cc2ccn(C)c(=O)c2)c1. The highest BCUT2D eigenvalue weighted by Crippen LogP contribution is 2.16. The van der Waals surface area contributed by atoms with E-state index in [0.717, 1.165) is 16.5 Å². The fourth-order valence-electron chi connectivity index (χ4n) is 2.19. The molecule has 96 valence electrons. The van der Waals surface area contributed by atoms with Crippen LogP contribution in [0.15, 0.2) is 47.5 Å². The fraction of sp³-hybridized carbons (Fsp3) is 0.200. The number of hydrogen-bond acceptors (Lipinski definition) is 2. The zero-order valence-corrected chi connectivity index (χ0v) is 11.0. The molecule has 0 fully saturated rings. The molecule has 0 saturated heterocycles. The highest BCUT2D eigenvalue weighted by molar-refractivity contribution is 5.79. The van der Waals surface area contributed by atoms with Crippen LogP contribution in [0.4, 0.5) is 0 Å². The van der Waals surface area contributed by atoms with Crippen molar-refractivity contribution in [2.75, 3.05) is 0 Å². The standard InChI is InChI=1S/C15H15N3O/c1-11-3-4-14-13(7-11)9-16-18(14)10-12-5-6-17(2)15(19)8-12/h3-9H,10H2,1-2H3. The summed E-state index contributed by atoms with van der Waals surface area (Å²) in [7, 11) is 1.75. The van der Waals surface area contributed by atoms with Crippen molar-refractivity contribution < 1.29 is 0 Å². The van der Waals surface area contributed by atoms with Gasteiger partial charge in [-0.25, -0.2) is 0 Å². The van der Waals surface area contributed by atoms with Gasteiger partial charge in [0.1, 0.15) is 0 Å². The molecule has 0 spiro atoms. The minimum absolute atomic E-state index is 0.00445. The molecule has 4 heteroatoms. The van der Waals surface area contributed by atoms with Crippen LogP contribution in [0.3, 0.4) is 0 Å². The normalized spacial score (nSPS) is 11.1. The summed E-state index contributed by atoms with van der Waals surface area (Å²) in [5.74, 6) is 0. The molecule has 0 radical (unpaired) electrons. The van der Waals surface area contributed by atoms with Crippen molar-refractivity contribution in [3.63, 3.8) is 0 Å². The molecule has 1 aromatic carbocycles. The first-order valence-electron chi connectivity index (χ1n) is 6.21. The van der Waals surface area contributed by atoms with Crippen molar-refractivity contribution in [2.24, 2.45) is 7.05 Å². The maximum absolute atomic E-state index is 11.6. The molecule has 2 aromatic heterocycles. The topological polar surface area (TPSA) is 39.8 Å². The Morgan fingerprint density at radius 3 is 2.84 bits per heavy atom. The largest absolute Gasteiger partial charge is 0.319 e. The quantitative estimate of drug-likeness (QED) is 0.701. The first-order valence-corrected chi connectivity index (χ1v) is 6.21. The number of rotatable bonds is 2. The second kappa shape index (κ2) is 4.39. The van der Waals surface area contributed by atoms with E-state index >= 15 is 0 Å². The van der Waals surface area contributed by atoms with Gasteiger partial charge in [0.15, 0.2) is 0 Å². The number of aryl methyl sites for hydroxylation is 2. The number of nitrogens with zero attached hydrogens (tertiary/aromatic N) is 3. The van der Waals surface area contributed by atoms with E-state index in [1.165, 1.54) is 5.56 Å². The molecule has 4 nitrogen and oxygen atoms in total. The van der Waals surface area contributed by atoms with Gasteiger partial charge in [-0.05, 0) is 30.7 Å². The molecular weight excluding hydrogens is 238 g/mol. The lowest BCUT2D eigenvalue weighted by Gasteiger charge is -2.05. The van der Waals surface area contributed by atoms with Crippen LogP contribution in [-0.2, 0) is 13.6 Å². The minimum Gasteiger partial charge on any atom is -0.319 e. The first-order chi connectivity index (χ1) is 9.13. The van der Waals surface area contributed by atoms with E-state index in [1.807, 2.05) is 16.9 Å². The minimum atomic E-state index is 0.00445. The number of benzene rings is 1. The molecular formula is C15H15N3O. The molecule has 3 aromatic rings. The Morgan fingerprint density at radius 1 is 1.21 bits per heavy atom. The fourth-order valence-corrected chi connectivity index (χ4v) is 2.19. The summed E-state index contributed by atoms with van der Waals surface area (Å²) in [6.45, 7) is 2.68. The van der Waals surface area contributed by atoms with E-state index in [-0.39, 0.29) is 5.56 Å². The molecule has 0 N–H and O–H groups in total. The van der Waals surface area contributed by atoms with E-state index < -0.39 is 0 Å². The number of fused-ring (bicyclic) bond motifs is 1. The average molecular weight is 253 g/mol. The zero-order chi connectivity index (χ0) is 13.4. The summed E-state index contributed by atoms with van der Waals surface area (Å²) >= 11 is 0. The van der Waals surface area contributed by atoms with E-state index in [9.17, 15) is 4.79 Å². The van der Waals surface area contributed by atoms with Gasteiger partial charge in [0.05, 0.1) is 18.3 Å². The van der Waals surface area contributed by atoms with E-state index in [4.69, 9.17) is 0 Å². The molecule has 0 aliphatic heterocycles. The van der Waals surface area contributed by atoms with Gasteiger partial charge in [0, 0.05) is 24.7 Å². The molecule has 0 bridgehead atoms. The summed E-state index contributed by atoms with van der Waals surface area (Å²) in [5, 5.41) is 5.52. The Morgan fingerprint density at radius 2 is 2.05 bits per heavy atom. The lowest BCUT2D eigenvalue weighted by molar-refractivity contribution is 0.706. The van der Waals surface area contributed by atoms with Crippen molar-refractivity contribution in [2.45, 2.75) is 13.5 Å². The van der Waals surface area contributed by atoms with Crippen LogP contribution in [0.1, 0.15) is 11.1 Å². The maximum Gasteiger partial charge on any atom is 0.250 e. The first kappa shape index (κ1) is 11.7. The summed E-state index contributed by atoms with van der Waals surface area (Å²) in [4.78, 5) is 11.6. The van der Waals surface area contributed by atoms with Gasteiger partial charge in [-0.3, -0.25) is 9.48 Å². The predicted molar refractivity (Wildman–Crippen MR) is 75.3 cm³/mol. The molecule has 0 atom stereocenters. The van der Waals surface area contributed by atoms with Crippen LogP contribution < -0.4 is 5.56 Å². The molecule has 0 aliphatic carbocycles. The summed E-state index contributed by atoms with van der Waals surface area (Å²) in [5.41, 5.74) is 3.28. The van der Waals surface area contributed by atoms with Crippen LogP contribution >= 0.6 is 0 Å². The number of hydrogen-bond donors (Lipinski definition) is 0. The third-order valence-corrected chi connectivity index (χ3v) is 3.30. The van der Waals surface area contributed by atoms with Gasteiger partial charge >= 0.3 is 0 Å². The van der Waals surface area contributed by atoms with Gasteiger partial charge in [-0.1, -0.05) is 11.6 Å². The van der Waals surface area contributed by atoms with Gasteiger partial charge in [-0.15, -0.1) is 0 Å².